The van der Waals surface area contributed by atoms with Crippen molar-refractivity contribution in [1.29, 1.82) is 0 Å². The van der Waals surface area contributed by atoms with Gasteiger partial charge in [0.25, 0.3) is 0 Å². The number of ether oxygens (including phenoxy) is 3. The molecule has 2 N–H and O–H groups in total. The summed E-state index contributed by atoms with van der Waals surface area (Å²) in [4.78, 5) is 4.24. The highest BCUT2D eigenvalue weighted by Crippen LogP contribution is 2.29. The number of hydrogen-bond acceptors (Lipinski definition) is 4. The van der Waals surface area contributed by atoms with Gasteiger partial charge in [0.1, 0.15) is 5.75 Å². The summed E-state index contributed by atoms with van der Waals surface area (Å²) in [6, 6.07) is 13.7. The average molecular weight is 343 g/mol. The molecule has 0 radical (unpaired) electrons. The zero-order valence-electron chi connectivity index (χ0n) is 15.1. The third-order valence-electron chi connectivity index (χ3n) is 3.74. The van der Waals surface area contributed by atoms with Gasteiger partial charge in [-0.2, -0.15) is 0 Å². The highest BCUT2D eigenvalue weighted by Gasteiger charge is 2.06. The number of nitrogens with zero attached hydrogens (tertiary/aromatic N) is 1. The van der Waals surface area contributed by atoms with Crippen molar-refractivity contribution in [3.8, 4) is 17.2 Å². The first-order valence-corrected chi connectivity index (χ1v) is 8.02. The summed E-state index contributed by atoms with van der Waals surface area (Å²) in [5.74, 6) is 2.92. The molecular weight excluding hydrogens is 318 g/mol. The second-order valence-corrected chi connectivity index (χ2v) is 5.29. The zero-order valence-corrected chi connectivity index (χ0v) is 15.1. The molecule has 0 saturated carbocycles. The summed E-state index contributed by atoms with van der Waals surface area (Å²) >= 11 is 0. The maximum Gasteiger partial charge on any atom is 0.195 e. The molecule has 25 heavy (non-hydrogen) atoms. The molecule has 0 fully saturated rings. The summed E-state index contributed by atoms with van der Waals surface area (Å²) in [6.45, 7) is 0.763. The number of hydrogen-bond donors (Lipinski definition) is 2. The van der Waals surface area contributed by atoms with Gasteiger partial charge in [0.05, 0.1) is 21.3 Å². The maximum atomic E-state index is 5.31. The average Bonchev–Trinajstić information content (AvgIpc) is 2.67. The van der Waals surface area contributed by atoms with E-state index in [0.29, 0.717) is 17.5 Å². The molecule has 2 aromatic carbocycles. The Balaban J connectivity index is 1.90. The molecule has 2 rings (SSSR count). The van der Waals surface area contributed by atoms with Crippen molar-refractivity contribution in [2.45, 2.75) is 6.42 Å². The van der Waals surface area contributed by atoms with Gasteiger partial charge in [-0.3, -0.25) is 4.99 Å². The normalized spacial score (nSPS) is 11.0. The van der Waals surface area contributed by atoms with E-state index < -0.39 is 0 Å². The molecule has 0 aliphatic rings. The molecule has 6 nitrogen and oxygen atoms in total. The van der Waals surface area contributed by atoms with E-state index in [1.165, 1.54) is 5.56 Å². The van der Waals surface area contributed by atoms with Gasteiger partial charge in [0, 0.05) is 25.3 Å². The smallest absolute Gasteiger partial charge is 0.195 e. The van der Waals surface area contributed by atoms with Crippen LogP contribution in [0.15, 0.2) is 47.5 Å². The van der Waals surface area contributed by atoms with E-state index in [0.717, 1.165) is 24.4 Å². The van der Waals surface area contributed by atoms with E-state index in [1.807, 2.05) is 30.3 Å². The zero-order chi connectivity index (χ0) is 18.1. The number of benzene rings is 2. The topological polar surface area (TPSA) is 64.1 Å². The number of methoxy groups -OCH3 is 3. The van der Waals surface area contributed by atoms with Crippen molar-refractivity contribution in [2.24, 2.45) is 4.99 Å². The van der Waals surface area contributed by atoms with Gasteiger partial charge < -0.3 is 24.8 Å². The standard InChI is InChI=1S/C19H25N3O3/c1-20-19(21-12-11-14-5-8-16(23-2)9-6-14)22-15-7-10-17(24-3)18(13-15)25-4/h5-10,13H,11-12H2,1-4H3,(H2,20,21,22). The quantitative estimate of drug-likeness (QED) is 0.598. The van der Waals surface area contributed by atoms with E-state index in [-0.39, 0.29) is 0 Å². The molecule has 0 unspecified atom stereocenters. The molecule has 0 aliphatic carbocycles. The highest BCUT2D eigenvalue weighted by atomic mass is 16.5. The summed E-state index contributed by atoms with van der Waals surface area (Å²) in [6.07, 6.45) is 0.886. The minimum absolute atomic E-state index is 0.668. The fraction of sp³-hybridized carbons (Fsp3) is 0.316. The van der Waals surface area contributed by atoms with Crippen LogP contribution < -0.4 is 24.8 Å². The molecule has 134 valence electrons. The van der Waals surface area contributed by atoms with Crippen LogP contribution >= 0.6 is 0 Å². The van der Waals surface area contributed by atoms with E-state index in [9.17, 15) is 0 Å². The SMILES string of the molecule is CN=C(NCCc1ccc(OC)cc1)Nc1ccc(OC)c(OC)c1. The Hall–Kier alpha value is -2.89. The molecule has 0 heterocycles. The van der Waals surface area contributed by atoms with Gasteiger partial charge >= 0.3 is 0 Å². The van der Waals surface area contributed by atoms with Crippen LogP contribution in [0.5, 0.6) is 17.2 Å². The summed E-state index contributed by atoms with van der Waals surface area (Å²) in [7, 11) is 6.64. The Morgan fingerprint density at radius 1 is 0.920 bits per heavy atom. The Morgan fingerprint density at radius 3 is 2.24 bits per heavy atom. The number of rotatable bonds is 7. The fourth-order valence-electron chi connectivity index (χ4n) is 2.35. The van der Waals surface area contributed by atoms with E-state index in [2.05, 4.69) is 27.8 Å². The highest BCUT2D eigenvalue weighted by molar-refractivity contribution is 5.93. The van der Waals surface area contributed by atoms with E-state index >= 15 is 0 Å². The lowest BCUT2D eigenvalue weighted by atomic mass is 10.1. The number of nitrogens with one attached hydrogen (secondary N) is 2. The lowest BCUT2D eigenvalue weighted by Crippen LogP contribution is -2.32. The molecule has 0 amide bonds. The van der Waals surface area contributed by atoms with Crippen LogP contribution in [0, 0.1) is 0 Å². The van der Waals surface area contributed by atoms with Crippen molar-refractivity contribution in [2.75, 3.05) is 40.2 Å². The van der Waals surface area contributed by atoms with Crippen LogP contribution in [-0.2, 0) is 6.42 Å². The largest absolute Gasteiger partial charge is 0.497 e. The Labute approximate surface area is 148 Å². The molecule has 0 atom stereocenters. The Bertz CT molecular complexity index is 700. The summed E-state index contributed by atoms with van der Waals surface area (Å²) in [5.41, 5.74) is 2.10. The van der Waals surface area contributed by atoms with Gasteiger partial charge in [-0.05, 0) is 36.2 Å². The predicted octanol–water partition coefficient (Wildman–Crippen LogP) is 2.94. The molecular formula is C19H25N3O3. The third-order valence-corrected chi connectivity index (χ3v) is 3.74. The minimum Gasteiger partial charge on any atom is -0.497 e. The van der Waals surface area contributed by atoms with Gasteiger partial charge in [-0.15, -0.1) is 0 Å². The third kappa shape index (κ3) is 5.31. The fourth-order valence-corrected chi connectivity index (χ4v) is 2.35. The summed E-state index contributed by atoms with van der Waals surface area (Å²) < 4.78 is 15.7. The number of aliphatic imine (C=N–C) groups is 1. The van der Waals surface area contributed by atoms with E-state index in [4.69, 9.17) is 14.2 Å². The first-order chi connectivity index (χ1) is 12.2. The maximum absolute atomic E-state index is 5.31. The lowest BCUT2D eigenvalue weighted by Gasteiger charge is -2.14. The van der Waals surface area contributed by atoms with Crippen LogP contribution in [0.4, 0.5) is 5.69 Å². The van der Waals surface area contributed by atoms with Crippen molar-refractivity contribution in [1.82, 2.24) is 5.32 Å². The van der Waals surface area contributed by atoms with Crippen molar-refractivity contribution in [3.63, 3.8) is 0 Å². The predicted molar refractivity (Wildman–Crippen MR) is 101 cm³/mol. The summed E-state index contributed by atoms with van der Waals surface area (Å²) in [5, 5.41) is 6.54. The monoisotopic (exact) mass is 343 g/mol. The van der Waals surface area contributed by atoms with Crippen molar-refractivity contribution < 1.29 is 14.2 Å². The molecule has 0 aromatic heterocycles. The van der Waals surface area contributed by atoms with Crippen molar-refractivity contribution >= 4 is 11.6 Å². The van der Waals surface area contributed by atoms with Gasteiger partial charge in [-0.1, -0.05) is 12.1 Å². The Kier molecular flexibility index (Phi) is 6.95. The molecule has 0 bridgehead atoms. The Morgan fingerprint density at radius 2 is 1.64 bits per heavy atom. The first-order valence-electron chi connectivity index (χ1n) is 8.02. The second-order valence-electron chi connectivity index (χ2n) is 5.29. The van der Waals surface area contributed by atoms with Gasteiger partial charge in [0.2, 0.25) is 0 Å². The number of anilines is 1. The van der Waals surface area contributed by atoms with Crippen LogP contribution in [0.3, 0.4) is 0 Å². The van der Waals surface area contributed by atoms with Crippen LogP contribution in [0.1, 0.15) is 5.56 Å². The lowest BCUT2D eigenvalue weighted by molar-refractivity contribution is 0.355. The van der Waals surface area contributed by atoms with Crippen LogP contribution in [0.2, 0.25) is 0 Å². The molecule has 0 spiro atoms. The second kappa shape index (κ2) is 9.42. The van der Waals surface area contributed by atoms with E-state index in [1.54, 1.807) is 28.4 Å². The minimum atomic E-state index is 0.668. The van der Waals surface area contributed by atoms with Crippen LogP contribution in [-0.4, -0.2) is 40.9 Å². The van der Waals surface area contributed by atoms with Crippen molar-refractivity contribution in [3.05, 3.63) is 48.0 Å². The first kappa shape index (κ1) is 18.4. The molecule has 6 heteroatoms. The molecule has 0 saturated heterocycles. The number of guanidine groups is 1. The van der Waals surface area contributed by atoms with Gasteiger partial charge in [-0.25, -0.2) is 0 Å². The van der Waals surface area contributed by atoms with Gasteiger partial charge in [0.15, 0.2) is 17.5 Å². The molecule has 0 aliphatic heterocycles. The molecule has 2 aromatic rings. The van der Waals surface area contributed by atoms with Crippen LogP contribution in [0.25, 0.3) is 0 Å².